The lowest BCUT2D eigenvalue weighted by Gasteiger charge is -2.44. The Morgan fingerprint density at radius 3 is 2.05 bits per heavy atom. The van der Waals surface area contributed by atoms with Crippen LogP contribution in [0.2, 0.25) is 0 Å². The molecule has 21 heavy (non-hydrogen) atoms. The Kier molecular flexibility index (Phi) is 5.52. The van der Waals surface area contributed by atoms with Crippen LogP contribution in [-0.2, 0) is 10.8 Å². The molecule has 1 unspecified atom stereocenters. The molecule has 1 aromatic rings. The van der Waals surface area contributed by atoms with Gasteiger partial charge in [-0.2, -0.15) is 0 Å². The smallest absolute Gasteiger partial charge is 0.0393 e. The number of hydrogen-bond acceptors (Lipinski definition) is 1. The second-order valence-corrected chi connectivity index (χ2v) is 7.38. The van der Waals surface area contributed by atoms with Gasteiger partial charge in [-0.15, -0.1) is 0 Å². The fraction of sp³-hybridized carbons (Fsp3) is 0.700. The SMILES string of the molecule is CC.CCC1(C)CCC(C)(C)c2cc(C)c(N(C)C)cc21. The van der Waals surface area contributed by atoms with E-state index in [2.05, 4.69) is 65.7 Å². The highest BCUT2D eigenvalue weighted by molar-refractivity contribution is 5.59. The number of fused-ring (bicyclic) bond motifs is 1. The molecular formula is C20H35N. The van der Waals surface area contributed by atoms with Crippen molar-refractivity contribution in [3.05, 3.63) is 28.8 Å². The Morgan fingerprint density at radius 1 is 1.00 bits per heavy atom. The summed E-state index contributed by atoms with van der Waals surface area (Å²) in [6.07, 6.45) is 3.83. The lowest BCUT2D eigenvalue weighted by molar-refractivity contribution is 0.305. The van der Waals surface area contributed by atoms with E-state index in [9.17, 15) is 0 Å². The fourth-order valence-corrected chi connectivity index (χ4v) is 3.46. The zero-order valence-electron chi connectivity index (χ0n) is 15.7. The molecule has 0 saturated heterocycles. The number of hydrogen-bond donors (Lipinski definition) is 0. The number of rotatable bonds is 2. The van der Waals surface area contributed by atoms with Crippen LogP contribution in [0.25, 0.3) is 0 Å². The molecule has 0 bridgehead atoms. The van der Waals surface area contributed by atoms with E-state index in [0.717, 1.165) is 0 Å². The van der Waals surface area contributed by atoms with Gasteiger partial charge in [0.25, 0.3) is 0 Å². The maximum atomic E-state index is 2.45. The molecule has 0 spiro atoms. The average molecular weight is 290 g/mol. The van der Waals surface area contributed by atoms with Gasteiger partial charge in [0.05, 0.1) is 0 Å². The van der Waals surface area contributed by atoms with Crippen molar-refractivity contribution in [2.75, 3.05) is 19.0 Å². The molecule has 1 nitrogen and oxygen atoms in total. The molecule has 0 heterocycles. The maximum Gasteiger partial charge on any atom is 0.0393 e. The molecule has 0 N–H and O–H groups in total. The predicted octanol–water partition coefficient (Wildman–Crippen LogP) is 5.83. The van der Waals surface area contributed by atoms with E-state index in [1.165, 1.54) is 30.5 Å². The molecule has 1 aromatic carbocycles. The van der Waals surface area contributed by atoms with E-state index in [0.29, 0.717) is 10.8 Å². The Bertz CT molecular complexity index is 485. The summed E-state index contributed by atoms with van der Waals surface area (Å²) in [4.78, 5) is 2.24. The van der Waals surface area contributed by atoms with Crippen LogP contribution in [0.3, 0.4) is 0 Å². The van der Waals surface area contributed by atoms with E-state index in [-0.39, 0.29) is 0 Å². The lowest BCUT2D eigenvalue weighted by atomic mass is 9.61. The Hall–Kier alpha value is -0.980. The van der Waals surface area contributed by atoms with Crippen molar-refractivity contribution in [3.8, 4) is 0 Å². The van der Waals surface area contributed by atoms with Crippen molar-refractivity contribution >= 4 is 5.69 Å². The zero-order chi connectivity index (χ0) is 16.4. The van der Waals surface area contributed by atoms with E-state index < -0.39 is 0 Å². The van der Waals surface area contributed by atoms with Gasteiger partial charge >= 0.3 is 0 Å². The van der Waals surface area contributed by atoms with Crippen LogP contribution in [-0.4, -0.2) is 14.1 Å². The van der Waals surface area contributed by atoms with Crippen molar-refractivity contribution in [3.63, 3.8) is 0 Å². The first-order valence-corrected chi connectivity index (χ1v) is 8.54. The summed E-state index contributed by atoms with van der Waals surface area (Å²) < 4.78 is 0. The molecule has 0 aromatic heterocycles. The molecule has 0 fully saturated rings. The second kappa shape index (κ2) is 6.42. The predicted molar refractivity (Wildman–Crippen MR) is 96.8 cm³/mol. The van der Waals surface area contributed by atoms with Crippen LogP contribution in [0.15, 0.2) is 12.1 Å². The van der Waals surface area contributed by atoms with Crippen LogP contribution in [0.1, 0.15) is 77.5 Å². The minimum atomic E-state index is 0.319. The number of nitrogens with zero attached hydrogens (tertiary/aromatic N) is 1. The summed E-state index contributed by atoms with van der Waals surface area (Å²) in [5, 5.41) is 0. The van der Waals surface area contributed by atoms with Crippen molar-refractivity contribution < 1.29 is 0 Å². The first-order valence-electron chi connectivity index (χ1n) is 8.54. The molecule has 120 valence electrons. The first kappa shape index (κ1) is 18.1. The third-order valence-corrected chi connectivity index (χ3v) is 5.28. The van der Waals surface area contributed by atoms with Gasteiger partial charge in [0.15, 0.2) is 0 Å². The second-order valence-electron chi connectivity index (χ2n) is 7.38. The molecule has 0 aliphatic heterocycles. The Balaban J connectivity index is 0.00000106. The molecule has 1 heteroatoms. The lowest BCUT2D eigenvalue weighted by Crippen LogP contribution is -2.35. The van der Waals surface area contributed by atoms with Crippen LogP contribution < -0.4 is 4.90 Å². The summed E-state index contributed by atoms with van der Waals surface area (Å²) in [5.74, 6) is 0. The van der Waals surface area contributed by atoms with Crippen LogP contribution in [0.4, 0.5) is 5.69 Å². The van der Waals surface area contributed by atoms with E-state index in [1.807, 2.05) is 13.8 Å². The molecule has 1 atom stereocenters. The average Bonchev–Trinajstić information content (AvgIpc) is 2.45. The van der Waals surface area contributed by atoms with E-state index in [4.69, 9.17) is 0 Å². The van der Waals surface area contributed by atoms with Crippen LogP contribution >= 0.6 is 0 Å². The zero-order valence-corrected chi connectivity index (χ0v) is 15.7. The van der Waals surface area contributed by atoms with E-state index in [1.54, 1.807) is 11.1 Å². The minimum Gasteiger partial charge on any atom is -0.377 e. The van der Waals surface area contributed by atoms with Crippen LogP contribution in [0, 0.1) is 6.92 Å². The first-order chi connectivity index (χ1) is 9.71. The van der Waals surface area contributed by atoms with Crippen molar-refractivity contribution in [2.45, 2.75) is 78.6 Å². The van der Waals surface area contributed by atoms with Gasteiger partial charge in [-0.25, -0.2) is 0 Å². The van der Waals surface area contributed by atoms with Gasteiger partial charge < -0.3 is 4.90 Å². The molecular weight excluding hydrogens is 254 g/mol. The highest BCUT2D eigenvalue weighted by atomic mass is 15.1. The standard InChI is InChI=1S/C18H29N.C2H6/c1-8-18(5)10-9-17(3,4)14-11-13(2)16(19(6)7)12-15(14)18;1-2/h11-12H,8-10H2,1-7H3;1-2H3. The van der Waals surface area contributed by atoms with Crippen molar-refractivity contribution in [1.29, 1.82) is 0 Å². The fourth-order valence-electron chi connectivity index (χ4n) is 3.46. The number of anilines is 1. The summed E-state index contributed by atoms with van der Waals surface area (Å²) >= 11 is 0. The van der Waals surface area contributed by atoms with Gasteiger partial charge in [-0.1, -0.05) is 47.6 Å². The van der Waals surface area contributed by atoms with Crippen molar-refractivity contribution in [2.24, 2.45) is 0 Å². The Morgan fingerprint density at radius 2 is 1.57 bits per heavy atom. The van der Waals surface area contributed by atoms with Crippen molar-refractivity contribution in [1.82, 2.24) is 0 Å². The molecule has 0 radical (unpaired) electrons. The quantitative estimate of drug-likeness (QED) is 0.662. The van der Waals surface area contributed by atoms with E-state index >= 15 is 0 Å². The summed E-state index contributed by atoms with van der Waals surface area (Å²) in [5.41, 5.74) is 6.60. The van der Waals surface area contributed by atoms with Crippen LogP contribution in [0.5, 0.6) is 0 Å². The molecule has 0 saturated carbocycles. The summed E-state index contributed by atoms with van der Waals surface area (Å²) in [6, 6.07) is 4.90. The van der Waals surface area contributed by atoms with Gasteiger partial charge in [-0.05, 0) is 59.8 Å². The highest BCUT2D eigenvalue weighted by Crippen LogP contribution is 2.49. The van der Waals surface area contributed by atoms with Gasteiger partial charge in [0, 0.05) is 19.8 Å². The topological polar surface area (TPSA) is 3.24 Å². The van der Waals surface area contributed by atoms with Gasteiger partial charge in [0.2, 0.25) is 0 Å². The Labute approximate surface area is 132 Å². The summed E-state index contributed by atoms with van der Waals surface area (Å²) in [7, 11) is 4.29. The molecule has 0 amide bonds. The number of aryl methyl sites for hydroxylation is 1. The number of benzene rings is 1. The third-order valence-electron chi connectivity index (χ3n) is 5.28. The minimum absolute atomic E-state index is 0.319. The molecule has 1 aliphatic rings. The molecule has 1 aliphatic carbocycles. The molecule has 2 rings (SSSR count). The van der Waals surface area contributed by atoms with Gasteiger partial charge in [-0.3, -0.25) is 0 Å². The maximum absolute atomic E-state index is 2.45. The highest BCUT2D eigenvalue weighted by Gasteiger charge is 2.39. The van der Waals surface area contributed by atoms with Gasteiger partial charge in [0.1, 0.15) is 0 Å². The summed E-state index contributed by atoms with van der Waals surface area (Å²) in [6.45, 7) is 15.8. The normalized spacial score (nSPS) is 22.9. The third kappa shape index (κ3) is 3.27. The largest absolute Gasteiger partial charge is 0.377 e. The monoisotopic (exact) mass is 289 g/mol.